The maximum absolute atomic E-state index is 13.0. The normalized spacial score (nSPS) is 14.3. The van der Waals surface area contributed by atoms with Crippen molar-refractivity contribution in [2.24, 2.45) is 0 Å². The van der Waals surface area contributed by atoms with Crippen LogP contribution in [-0.2, 0) is 30.8 Å². The second kappa shape index (κ2) is 13.7. The maximum atomic E-state index is 13.0. The van der Waals surface area contributed by atoms with E-state index in [1.165, 1.54) is 11.1 Å². The van der Waals surface area contributed by atoms with Crippen LogP contribution in [0.5, 0.6) is 11.5 Å². The molecule has 0 saturated heterocycles. The number of hydrogen-bond donors (Lipinski definition) is 1. The Morgan fingerprint density at radius 1 is 0.950 bits per heavy atom. The van der Waals surface area contributed by atoms with Crippen molar-refractivity contribution >= 4 is 5.91 Å². The summed E-state index contributed by atoms with van der Waals surface area (Å²) in [5.41, 5.74) is 6.01. The standard InChI is InChI=1S/C33H35N3O4/c1-38-31-11-8-25(9-12-31)22-35-33(37)28-10-13-32-29(21-28)20-26-5-4-6-27(19-26)23-36(15-16-39-17-18-40-32)24-30-7-2-3-14-34-30/h2-14,19,21H,15-18,20,22-24H2,1H3,(H,35,37). The third-order valence-electron chi connectivity index (χ3n) is 6.88. The Bertz CT molecular complexity index is 1390. The van der Waals surface area contributed by atoms with Crippen LogP contribution in [0, 0.1) is 0 Å². The van der Waals surface area contributed by atoms with Gasteiger partial charge < -0.3 is 19.5 Å². The van der Waals surface area contributed by atoms with Gasteiger partial charge in [-0.1, -0.05) is 42.5 Å². The molecule has 1 aliphatic rings. The Hall–Kier alpha value is -4.20. The minimum Gasteiger partial charge on any atom is -0.497 e. The highest BCUT2D eigenvalue weighted by molar-refractivity contribution is 5.94. The molecule has 0 fully saturated rings. The van der Waals surface area contributed by atoms with Crippen molar-refractivity contribution in [3.63, 3.8) is 0 Å². The minimum atomic E-state index is -0.125. The van der Waals surface area contributed by atoms with Gasteiger partial charge in [-0.05, 0) is 64.7 Å². The zero-order valence-electron chi connectivity index (χ0n) is 22.8. The van der Waals surface area contributed by atoms with E-state index in [9.17, 15) is 4.79 Å². The van der Waals surface area contributed by atoms with Crippen LogP contribution in [0.1, 0.15) is 38.3 Å². The molecule has 7 heteroatoms. The zero-order chi connectivity index (χ0) is 27.6. The van der Waals surface area contributed by atoms with Crippen LogP contribution in [0.25, 0.3) is 0 Å². The maximum Gasteiger partial charge on any atom is 0.251 e. The van der Waals surface area contributed by atoms with E-state index < -0.39 is 0 Å². The van der Waals surface area contributed by atoms with Gasteiger partial charge in [0.1, 0.15) is 18.1 Å². The molecule has 1 N–H and O–H groups in total. The number of nitrogens with one attached hydrogen (secondary N) is 1. The first kappa shape index (κ1) is 27.4. The van der Waals surface area contributed by atoms with E-state index >= 15 is 0 Å². The van der Waals surface area contributed by atoms with Crippen LogP contribution in [-0.4, -0.2) is 49.3 Å². The summed E-state index contributed by atoms with van der Waals surface area (Å²) < 4.78 is 17.2. The van der Waals surface area contributed by atoms with Crippen molar-refractivity contribution in [1.82, 2.24) is 15.2 Å². The molecule has 0 spiro atoms. The molecule has 1 aliphatic heterocycles. The minimum absolute atomic E-state index is 0.125. The molecular formula is C33H35N3O4. The molecule has 7 nitrogen and oxygen atoms in total. The fourth-order valence-corrected chi connectivity index (χ4v) is 4.78. The van der Waals surface area contributed by atoms with E-state index in [1.54, 1.807) is 7.11 Å². The lowest BCUT2D eigenvalue weighted by Gasteiger charge is -2.23. The van der Waals surface area contributed by atoms with Gasteiger partial charge in [0.15, 0.2) is 0 Å². The summed E-state index contributed by atoms with van der Waals surface area (Å²) in [5, 5.41) is 3.02. The van der Waals surface area contributed by atoms with Gasteiger partial charge in [-0.2, -0.15) is 0 Å². The van der Waals surface area contributed by atoms with Crippen molar-refractivity contribution in [3.05, 3.63) is 125 Å². The Morgan fingerprint density at radius 3 is 2.65 bits per heavy atom. The Balaban J connectivity index is 1.32. The fourth-order valence-electron chi connectivity index (χ4n) is 4.78. The number of ether oxygens (including phenoxy) is 3. The van der Waals surface area contributed by atoms with Crippen molar-refractivity contribution in [2.45, 2.75) is 26.1 Å². The first-order chi connectivity index (χ1) is 19.7. The monoisotopic (exact) mass is 537 g/mol. The molecule has 2 bridgehead atoms. The molecular weight excluding hydrogens is 502 g/mol. The van der Waals surface area contributed by atoms with Crippen molar-refractivity contribution in [1.29, 1.82) is 0 Å². The number of methoxy groups -OCH3 is 1. The molecule has 5 rings (SSSR count). The highest BCUT2D eigenvalue weighted by atomic mass is 16.5. The molecule has 0 atom stereocenters. The molecule has 4 aromatic rings. The lowest BCUT2D eigenvalue weighted by molar-refractivity contribution is 0.0754. The van der Waals surface area contributed by atoms with Crippen molar-refractivity contribution in [3.8, 4) is 11.5 Å². The summed E-state index contributed by atoms with van der Waals surface area (Å²) in [6.07, 6.45) is 2.49. The first-order valence-electron chi connectivity index (χ1n) is 13.6. The third kappa shape index (κ3) is 7.68. The van der Waals surface area contributed by atoms with Gasteiger partial charge in [0.2, 0.25) is 0 Å². The van der Waals surface area contributed by atoms with E-state index in [1.807, 2.05) is 60.8 Å². The average molecular weight is 538 g/mol. The molecule has 206 valence electrons. The summed E-state index contributed by atoms with van der Waals surface area (Å²) in [5.74, 6) is 1.44. The molecule has 0 unspecified atom stereocenters. The van der Waals surface area contributed by atoms with E-state index in [0.717, 1.165) is 48.0 Å². The molecule has 2 heterocycles. The van der Waals surface area contributed by atoms with Gasteiger partial charge in [-0.3, -0.25) is 14.7 Å². The molecule has 3 aromatic carbocycles. The van der Waals surface area contributed by atoms with Gasteiger partial charge in [0.25, 0.3) is 5.91 Å². The molecule has 1 aromatic heterocycles. The van der Waals surface area contributed by atoms with E-state index in [-0.39, 0.29) is 5.91 Å². The van der Waals surface area contributed by atoms with Gasteiger partial charge in [0.05, 0.1) is 26.0 Å². The van der Waals surface area contributed by atoms with Crippen LogP contribution in [0.15, 0.2) is 91.1 Å². The smallest absolute Gasteiger partial charge is 0.251 e. The Kier molecular flexibility index (Phi) is 9.40. The van der Waals surface area contributed by atoms with Crippen LogP contribution in [0.2, 0.25) is 0 Å². The SMILES string of the molecule is COc1ccc(CNC(=O)c2ccc3c(c2)Cc2cccc(c2)CN(Cc2ccccn2)CCOCCO3)cc1. The van der Waals surface area contributed by atoms with E-state index in [0.29, 0.717) is 38.3 Å². The van der Waals surface area contributed by atoms with Crippen LogP contribution in [0.4, 0.5) is 0 Å². The summed E-state index contributed by atoms with van der Waals surface area (Å²) in [7, 11) is 1.64. The number of fused-ring (bicyclic) bond motifs is 3. The molecule has 0 radical (unpaired) electrons. The summed E-state index contributed by atoms with van der Waals surface area (Å²) in [6, 6.07) is 27.9. The van der Waals surface area contributed by atoms with Gasteiger partial charge in [-0.15, -0.1) is 0 Å². The quantitative estimate of drug-likeness (QED) is 0.372. The molecule has 1 amide bonds. The molecule has 40 heavy (non-hydrogen) atoms. The highest BCUT2D eigenvalue weighted by Crippen LogP contribution is 2.25. The fraction of sp³-hybridized carbons (Fsp3) is 0.273. The predicted molar refractivity (Wildman–Crippen MR) is 155 cm³/mol. The summed E-state index contributed by atoms with van der Waals surface area (Å²) in [6.45, 7) is 4.32. The largest absolute Gasteiger partial charge is 0.497 e. The van der Waals surface area contributed by atoms with Crippen LogP contribution >= 0.6 is 0 Å². The Labute approximate surface area is 235 Å². The number of amides is 1. The predicted octanol–water partition coefficient (Wildman–Crippen LogP) is 5.02. The highest BCUT2D eigenvalue weighted by Gasteiger charge is 2.14. The lowest BCUT2D eigenvalue weighted by Crippen LogP contribution is -2.28. The molecule has 0 aliphatic carbocycles. The lowest BCUT2D eigenvalue weighted by atomic mass is 9.99. The average Bonchev–Trinajstić information content (AvgIpc) is 2.98. The topological polar surface area (TPSA) is 72.9 Å². The number of pyridine rings is 1. The number of rotatable bonds is 6. The van der Waals surface area contributed by atoms with Crippen molar-refractivity contribution in [2.75, 3.05) is 33.5 Å². The summed E-state index contributed by atoms with van der Waals surface area (Å²) in [4.78, 5) is 19.9. The van der Waals surface area contributed by atoms with Gasteiger partial charge in [-0.25, -0.2) is 0 Å². The number of hydrogen-bond acceptors (Lipinski definition) is 6. The first-order valence-corrected chi connectivity index (χ1v) is 13.6. The van der Waals surface area contributed by atoms with Crippen molar-refractivity contribution < 1.29 is 19.0 Å². The van der Waals surface area contributed by atoms with E-state index in [4.69, 9.17) is 14.2 Å². The number of nitrogens with zero attached hydrogens (tertiary/aromatic N) is 2. The molecule has 0 saturated carbocycles. The van der Waals surface area contributed by atoms with Gasteiger partial charge in [0, 0.05) is 44.4 Å². The second-order valence-corrected chi connectivity index (χ2v) is 9.84. The zero-order valence-corrected chi connectivity index (χ0v) is 22.8. The second-order valence-electron chi connectivity index (χ2n) is 9.84. The number of carbonyl (C=O) groups is 1. The number of benzene rings is 3. The summed E-state index contributed by atoms with van der Waals surface area (Å²) >= 11 is 0. The Morgan fingerprint density at radius 2 is 1.82 bits per heavy atom. The number of aromatic nitrogens is 1. The third-order valence-corrected chi connectivity index (χ3v) is 6.88. The van der Waals surface area contributed by atoms with Crippen LogP contribution in [0.3, 0.4) is 0 Å². The number of carbonyl (C=O) groups excluding carboxylic acids is 1. The van der Waals surface area contributed by atoms with Gasteiger partial charge >= 0.3 is 0 Å². The van der Waals surface area contributed by atoms with Crippen LogP contribution < -0.4 is 14.8 Å². The van der Waals surface area contributed by atoms with E-state index in [2.05, 4.69) is 45.5 Å².